The van der Waals surface area contributed by atoms with Gasteiger partial charge < -0.3 is 25.7 Å². The normalized spacial score (nSPS) is 13.9. The molecule has 0 saturated carbocycles. The molecule has 0 spiro atoms. The first-order chi connectivity index (χ1) is 20.1. The molecule has 0 heterocycles. The number of hydrogen-bond acceptors (Lipinski definition) is 5. The molecule has 0 aromatic heterocycles. The molecule has 2 unspecified atom stereocenters. The van der Waals surface area contributed by atoms with Crippen molar-refractivity contribution in [3.63, 3.8) is 0 Å². The molecule has 4 N–H and O–H groups in total. The van der Waals surface area contributed by atoms with E-state index in [4.69, 9.17) is 5.73 Å². The average molecular weight is 580 g/mol. The van der Waals surface area contributed by atoms with E-state index in [0.29, 0.717) is 13.1 Å². The average Bonchev–Trinajstić information content (AvgIpc) is 2.98. The van der Waals surface area contributed by atoms with Gasteiger partial charge in [-0.25, -0.2) is 0 Å². The topological polar surface area (TPSA) is 73.0 Å². The molecule has 0 saturated heterocycles. The zero-order valence-corrected chi connectivity index (χ0v) is 27.9. The fourth-order valence-electron chi connectivity index (χ4n) is 5.35. The number of nitrogens with zero attached hydrogens (tertiary/aromatic N) is 2. The summed E-state index contributed by atoms with van der Waals surface area (Å²) >= 11 is 0. The lowest BCUT2D eigenvalue weighted by molar-refractivity contribution is 0.0963. The fourth-order valence-corrected chi connectivity index (χ4v) is 5.35. The highest BCUT2D eigenvalue weighted by molar-refractivity contribution is 4.92. The Balaban J connectivity index is 4.15. The second kappa shape index (κ2) is 32.2. The highest BCUT2D eigenvalue weighted by Crippen LogP contribution is 2.11. The van der Waals surface area contributed by atoms with Gasteiger partial charge >= 0.3 is 0 Å². The molecule has 0 aliphatic rings. The summed E-state index contributed by atoms with van der Waals surface area (Å²) in [6.45, 7) is 12.5. The Labute approximate surface area is 257 Å². The van der Waals surface area contributed by atoms with Gasteiger partial charge in [0, 0.05) is 19.6 Å². The van der Waals surface area contributed by atoms with Crippen molar-refractivity contribution >= 4 is 0 Å². The first kappa shape index (κ1) is 40.3. The molecular weight excluding hydrogens is 506 g/mol. The molecule has 5 nitrogen and oxygen atoms in total. The van der Waals surface area contributed by atoms with Crippen LogP contribution in [0.15, 0.2) is 24.3 Å². The highest BCUT2D eigenvalue weighted by atomic mass is 16.3. The predicted molar refractivity (Wildman–Crippen MR) is 182 cm³/mol. The SMILES string of the molecule is CCCCC/C=C/C/C=C\CCCCCCCCN(CCCN(CCCCCCCC)CC(O)CN)CC(O)CC. The van der Waals surface area contributed by atoms with Gasteiger partial charge in [0.1, 0.15) is 0 Å². The molecule has 0 radical (unpaired) electrons. The van der Waals surface area contributed by atoms with Crippen LogP contribution in [0.3, 0.4) is 0 Å². The summed E-state index contributed by atoms with van der Waals surface area (Å²) in [5, 5.41) is 20.5. The Morgan fingerprint density at radius 3 is 1.44 bits per heavy atom. The van der Waals surface area contributed by atoms with Gasteiger partial charge in [-0.3, -0.25) is 0 Å². The maximum atomic E-state index is 10.3. The molecule has 0 aliphatic carbocycles. The first-order valence-corrected chi connectivity index (χ1v) is 17.9. The number of hydrogen-bond donors (Lipinski definition) is 3. The van der Waals surface area contributed by atoms with Crippen LogP contribution in [0, 0.1) is 0 Å². The standard InChI is InChI=1S/C36H73N3O2/c1-4-7-9-11-13-14-15-16-17-18-19-20-21-22-24-26-28-38(33-35(40)6-3)30-27-31-39(34-36(41)32-37)29-25-23-12-10-8-5-2/h13-14,16-17,35-36,40-41H,4-12,15,18-34,37H2,1-3H3/b14-13+,17-16-. The Morgan fingerprint density at radius 1 is 0.512 bits per heavy atom. The van der Waals surface area contributed by atoms with E-state index in [-0.39, 0.29) is 6.10 Å². The summed E-state index contributed by atoms with van der Waals surface area (Å²) < 4.78 is 0. The third kappa shape index (κ3) is 29.1. The van der Waals surface area contributed by atoms with Crippen LogP contribution in [0.25, 0.3) is 0 Å². The number of allylic oxidation sites excluding steroid dienone is 4. The largest absolute Gasteiger partial charge is 0.392 e. The van der Waals surface area contributed by atoms with Crippen LogP contribution in [0.2, 0.25) is 0 Å². The van der Waals surface area contributed by atoms with Crippen LogP contribution in [-0.2, 0) is 0 Å². The third-order valence-corrected chi connectivity index (χ3v) is 8.13. The van der Waals surface area contributed by atoms with E-state index >= 15 is 0 Å². The monoisotopic (exact) mass is 580 g/mol. The Morgan fingerprint density at radius 2 is 0.927 bits per heavy atom. The second-order valence-corrected chi connectivity index (χ2v) is 12.3. The van der Waals surface area contributed by atoms with Crippen LogP contribution in [-0.4, -0.2) is 78.0 Å². The van der Waals surface area contributed by atoms with Crippen LogP contribution >= 0.6 is 0 Å². The van der Waals surface area contributed by atoms with E-state index in [1.165, 1.54) is 109 Å². The van der Waals surface area contributed by atoms with Gasteiger partial charge in [-0.2, -0.15) is 0 Å². The van der Waals surface area contributed by atoms with Crippen molar-refractivity contribution in [1.82, 2.24) is 9.80 Å². The number of nitrogens with two attached hydrogens (primary N) is 1. The molecule has 0 aromatic rings. The van der Waals surface area contributed by atoms with E-state index in [1.807, 2.05) is 0 Å². The molecule has 41 heavy (non-hydrogen) atoms. The van der Waals surface area contributed by atoms with E-state index in [0.717, 1.165) is 52.0 Å². The van der Waals surface area contributed by atoms with Crippen molar-refractivity contribution in [1.29, 1.82) is 0 Å². The molecule has 0 amide bonds. The Bertz CT molecular complexity index is 569. The van der Waals surface area contributed by atoms with E-state index < -0.39 is 6.10 Å². The van der Waals surface area contributed by atoms with Crippen molar-refractivity contribution in [2.45, 2.75) is 161 Å². The van der Waals surface area contributed by atoms with Crippen molar-refractivity contribution in [2.24, 2.45) is 5.73 Å². The number of unbranched alkanes of at least 4 members (excludes halogenated alkanes) is 14. The lowest BCUT2D eigenvalue weighted by atomic mass is 10.1. The van der Waals surface area contributed by atoms with Crippen molar-refractivity contribution in [2.75, 3.05) is 45.8 Å². The first-order valence-electron chi connectivity index (χ1n) is 17.9. The summed E-state index contributed by atoms with van der Waals surface area (Å²) in [4.78, 5) is 4.88. The minimum Gasteiger partial charge on any atom is -0.392 e. The molecule has 0 aromatic carbocycles. The maximum Gasteiger partial charge on any atom is 0.0789 e. The third-order valence-electron chi connectivity index (χ3n) is 8.13. The van der Waals surface area contributed by atoms with E-state index in [1.54, 1.807) is 0 Å². The summed E-state index contributed by atoms with van der Waals surface area (Å²) in [7, 11) is 0. The maximum absolute atomic E-state index is 10.3. The molecule has 2 atom stereocenters. The predicted octanol–water partition coefficient (Wildman–Crippen LogP) is 8.25. The zero-order chi connectivity index (χ0) is 30.2. The van der Waals surface area contributed by atoms with Gasteiger partial charge in [-0.05, 0) is 84.0 Å². The van der Waals surface area contributed by atoms with Crippen LogP contribution < -0.4 is 5.73 Å². The molecular formula is C36H73N3O2. The number of rotatable bonds is 32. The summed E-state index contributed by atoms with van der Waals surface area (Å²) in [6.07, 6.45) is 33.6. The van der Waals surface area contributed by atoms with Gasteiger partial charge in [0.25, 0.3) is 0 Å². The quantitative estimate of drug-likeness (QED) is 0.0553. The Hall–Kier alpha value is -0.720. The number of aliphatic hydroxyl groups excluding tert-OH is 2. The van der Waals surface area contributed by atoms with Crippen LogP contribution in [0.5, 0.6) is 0 Å². The molecule has 5 heteroatoms. The lowest BCUT2D eigenvalue weighted by Crippen LogP contribution is -2.39. The molecule has 244 valence electrons. The zero-order valence-electron chi connectivity index (χ0n) is 27.9. The molecule has 0 bridgehead atoms. The van der Waals surface area contributed by atoms with Crippen molar-refractivity contribution in [3.05, 3.63) is 24.3 Å². The molecule has 0 aliphatic heterocycles. The summed E-state index contributed by atoms with van der Waals surface area (Å²) in [5.74, 6) is 0. The smallest absolute Gasteiger partial charge is 0.0789 e. The minimum absolute atomic E-state index is 0.238. The van der Waals surface area contributed by atoms with Gasteiger partial charge in [0.05, 0.1) is 12.2 Å². The lowest BCUT2D eigenvalue weighted by Gasteiger charge is -2.28. The fraction of sp³-hybridized carbons (Fsp3) is 0.889. The number of aliphatic hydroxyl groups is 2. The molecule has 0 fully saturated rings. The van der Waals surface area contributed by atoms with Gasteiger partial charge in [-0.15, -0.1) is 0 Å². The van der Waals surface area contributed by atoms with Crippen molar-refractivity contribution < 1.29 is 10.2 Å². The minimum atomic E-state index is -0.439. The molecule has 0 rings (SSSR count). The van der Waals surface area contributed by atoms with E-state index in [2.05, 4.69) is 54.9 Å². The second-order valence-electron chi connectivity index (χ2n) is 12.3. The van der Waals surface area contributed by atoms with Gasteiger partial charge in [-0.1, -0.05) is 116 Å². The van der Waals surface area contributed by atoms with Crippen LogP contribution in [0.4, 0.5) is 0 Å². The van der Waals surface area contributed by atoms with Gasteiger partial charge in [0.15, 0.2) is 0 Å². The van der Waals surface area contributed by atoms with E-state index in [9.17, 15) is 10.2 Å². The highest BCUT2D eigenvalue weighted by Gasteiger charge is 2.13. The van der Waals surface area contributed by atoms with Crippen molar-refractivity contribution in [3.8, 4) is 0 Å². The summed E-state index contributed by atoms with van der Waals surface area (Å²) in [6, 6.07) is 0. The summed E-state index contributed by atoms with van der Waals surface area (Å²) in [5.41, 5.74) is 5.71. The Kier molecular flexibility index (Phi) is 31.6. The van der Waals surface area contributed by atoms with Gasteiger partial charge in [0.2, 0.25) is 0 Å². The van der Waals surface area contributed by atoms with Crippen LogP contribution in [0.1, 0.15) is 149 Å².